The molecule has 3 aromatic rings. The standard InChI is InChI=1S/C20H13N/c1-4-8-17-13(5-1)9-10-18-19-15(12-21-20(17)18)11-14-6-2-3-7-16(14)19/h1-12,21H. The van der Waals surface area contributed by atoms with E-state index in [1.54, 1.807) is 0 Å². The predicted octanol–water partition coefficient (Wildman–Crippen LogP) is 5.58. The Hall–Kier alpha value is -2.80. The molecule has 5 rings (SSSR count). The maximum Gasteiger partial charge on any atom is 0.0539 e. The first-order valence-electron chi connectivity index (χ1n) is 7.22. The highest BCUT2D eigenvalue weighted by Crippen LogP contribution is 2.40. The minimum Gasteiger partial charge on any atom is -0.360 e. The fourth-order valence-corrected chi connectivity index (χ4v) is 3.45. The van der Waals surface area contributed by atoms with E-state index in [-0.39, 0.29) is 0 Å². The first-order valence-corrected chi connectivity index (χ1v) is 7.22. The van der Waals surface area contributed by atoms with Crippen molar-refractivity contribution in [1.82, 2.24) is 4.98 Å². The lowest BCUT2D eigenvalue weighted by molar-refractivity contribution is 1.43. The molecule has 98 valence electrons. The Kier molecular flexibility index (Phi) is 2.01. The molecular weight excluding hydrogens is 254 g/mol. The number of hydrogen-bond donors (Lipinski definition) is 1. The van der Waals surface area contributed by atoms with Gasteiger partial charge >= 0.3 is 0 Å². The van der Waals surface area contributed by atoms with Crippen LogP contribution in [0, 0.1) is 0 Å². The largest absolute Gasteiger partial charge is 0.360 e. The van der Waals surface area contributed by atoms with Crippen molar-refractivity contribution in [3.8, 4) is 11.1 Å². The normalized spacial score (nSPS) is 11.8. The highest BCUT2D eigenvalue weighted by Gasteiger charge is 2.14. The number of rotatable bonds is 0. The second-order valence-electron chi connectivity index (χ2n) is 5.56. The summed E-state index contributed by atoms with van der Waals surface area (Å²) in [6.45, 7) is 0. The molecule has 21 heavy (non-hydrogen) atoms. The fourth-order valence-electron chi connectivity index (χ4n) is 3.45. The van der Waals surface area contributed by atoms with E-state index >= 15 is 0 Å². The second kappa shape index (κ2) is 3.86. The van der Waals surface area contributed by atoms with Crippen LogP contribution in [0.1, 0.15) is 0 Å². The lowest BCUT2D eigenvalue weighted by atomic mass is 9.99. The zero-order valence-electron chi connectivity index (χ0n) is 11.4. The van der Waals surface area contributed by atoms with Crippen molar-refractivity contribution in [3.63, 3.8) is 0 Å². The van der Waals surface area contributed by atoms with Crippen molar-refractivity contribution >= 4 is 32.4 Å². The number of fused-ring (bicyclic) bond motifs is 7. The topological polar surface area (TPSA) is 15.8 Å². The van der Waals surface area contributed by atoms with E-state index in [1.807, 2.05) is 0 Å². The van der Waals surface area contributed by atoms with Gasteiger partial charge < -0.3 is 4.98 Å². The maximum atomic E-state index is 3.50. The first kappa shape index (κ1) is 10.9. The molecule has 0 spiro atoms. The molecule has 0 atom stereocenters. The zero-order chi connectivity index (χ0) is 13.8. The van der Waals surface area contributed by atoms with E-state index < -0.39 is 0 Å². The number of nitrogens with one attached hydrogen (secondary N) is 1. The number of H-pyrrole nitrogens is 1. The summed E-state index contributed by atoms with van der Waals surface area (Å²) in [4.78, 5) is 3.50. The molecule has 0 radical (unpaired) electrons. The third-order valence-corrected chi connectivity index (χ3v) is 4.40. The summed E-state index contributed by atoms with van der Waals surface area (Å²) in [7, 11) is 0. The van der Waals surface area contributed by atoms with Gasteiger partial charge in [-0.15, -0.1) is 0 Å². The summed E-state index contributed by atoms with van der Waals surface area (Å²) < 4.78 is 0. The van der Waals surface area contributed by atoms with Crippen LogP contribution in [0.2, 0.25) is 0 Å². The third-order valence-electron chi connectivity index (χ3n) is 4.40. The van der Waals surface area contributed by atoms with Crippen LogP contribution in [0.3, 0.4) is 0 Å². The molecule has 2 aliphatic rings. The Morgan fingerprint density at radius 1 is 0.619 bits per heavy atom. The van der Waals surface area contributed by atoms with Gasteiger partial charge in [0, 0.05) is 22.5 Å². The van der Waals surface area contributed by atoms with Crippen LogP contribution in [-0.4, -0.2) is 4.98 Å². The van der Waals surface area contributed by atoms with Crippen LogP contribution >= 0.6 is 0 Å². The predicted molar refractivity (Wildman–Crippen MR) is 89.9 cm³/mol. The summed E-state index contributed by atoms with van der Waals surface area (Å²) in [6, 6.07) is 23.9. The summed E-state index contributed by atoms with van der Waals surface area (Å²) in [5.74, 6) is 0. The summed E-state index contributed by atoms with van der Waals surface area (Å²) >= 11 is 0. The molecular formula is C20H13N. The maximum absolute atomic E-state index is 3.50. The van der Waals surface area contributed by atoms with E-state index in [9.17, 15) is 0 Å². The van der Waals surface area contributed by atoms with E-state index in [2.05, 4.69) is 77.9 Å². The smallest absolute Gasteiger partial charge is 0.0539 e. The van der Waals surface area contributed by atoms with Crippen LogP contribution in [0.15, 0.2) is 72.9 Å². The van der Waals surface area contributed by atoms with Gasteiger partial charge in [0.1, 0.15) is 0 Å². The van der Waals surface area contributed by atoms with Crippen LogP contribution in [0.4, 0.5) is 0 Å². The van der Waals surface area contributed by atoms with Crippen molar-refractivity contribution in [2.24, 2.45) is 0 Å². The van der Waals surface area contributed by atoms with E-state index in [1.165, 1.54) is 43.6 Å². The van der Waals surface area contributed by atoms with Crippen molar-refractivity contribution in [3.05, 3.63) is 72.9 Å². The van der Waals surface area contributed by atoms with Crippen molar-refractivity contribution in [1.29, 1.82) is 0 Å². The summed E-state index contributed by atoms with van der Waals surface area (Å²) in [5.41, 5.74) is 3.85. The minimum absolute atomic E-state index is 1.22. The minimum atomic E-state index is 1.22. The molecule has 1 heterocycles. The van der Waals surface area contributed by atoms with E-state index in [4.69, 9.17) is 0 Å². The zero-order valence-corrected chi connectivity index (χ0v) is 11.4. The lowest BCUT2D eigenvalue weighted by Gasteiger charge is -2.09. The van der Waals surface area contributed by atoms with E-state index in [0.717, 1.165) is 0 Å². The molecule has 3 aromatic carbocycles. The molecule has 0 amide bonds. The molecule has 0 saturated carbocycles. The van der Waals surface area contributed by atoms with Gasteiger partial charge in [0.15, 0.2) is 0 Å². The molecule has 0 unspecified atom stereocenters. The SMILES string of the molecule is c1ccc2c3c4ccc5ccccc5c4[nH]cc-3cc2c1. The van der Waals surface area contributed by atoms with Gasteiger partial charge in [-0.05, 0) is 27.8 Å². The molecule has 1 nitrogen and oxygen atoms in total. The monoisotopic (exact) mass is 267 g/mol. The van der Waals surface area contributed by atoms with E-state index in [0.29, 0.717) is 0 Å². The molecule has 1 aliphatic heterocycles. The van der Waals surface area contributed by atoms with Gasteiger partial charge in [-0.1, -0.05) is 60.7 Å². The van der Waals surface area contributed by atoms with Crippen molar-refractivity contribution in [2.75, 3.05) is 0 Å². The summed E-state index contributed by atoms with van der Waals surface area (Å²) in [5, 5.41) is 6.49. The van der Waals surface area contributed by atoms with Gasteiger partial charge in [-0.2, -0.15) is 0 Å². The molecule has 1 aliphatic carbocycles. The van der Waals surface area contributed by atoms with Gasteiger partial charge in [-0.3, -0.25) is 0 Å². The fraction of sp³-hybridized carbons (Fsp3) is 0. The molecule has 0 saturated heterocycles. The first-order chi connectivity index (χ1) is 10.4. The van der Waals surface area contributed by atoms with Crippen molar-refractivity contribution in [2.45, 2.75) is 0 Å². The molecule has 0 bridgehead atoms. The highest BCUT2D eigenvalue weighted by atomic mass is 14.7. The molecule has 1 N–H and O–H groups in total. The van der Waals surface area contributed by atoms with Crippen LogP contribution in [-0.2, 0) is 0 Å². The number of aromatic amines is 1. The number of pyridine rings is 1. The molecule has 1 heteroatoms. The number of hydrogen-bond acceptors (Lipinski definition) is 0. The van der Waals surface area contributed by atoms with Crippen molar-refractivity contribution < 1.29 is 0 Å². The Balaban J connectivity index is 2.09. The van der Waals surface area contributed by atoms with Gasteiger partial charge in [0.05, 0.1) is 5.52 Å². The molecule has 0 fully saturated rings. The van der Waals surface area contributed by atoms with Gasteiger partial charge in [0.2, 0.25) is 0 Å². The Morgan fingerprint density at radius 2 is 1.38 bits per heavy atom. The molecule has 0 aromatic heterocycles. The van der Waals surface area contributed by atoms with Crippen LogP contribution < -0.4 is 0 Å². The Morgan fingerprint density at radius 3 is 2.29 bits per heavy atom. The summed E-state index contributed by atoms with van der Waals surface area (Å²) in [6.07, 6.45) is 2.13. The van der Waals surface area contributed by atoms with Gasteiger partial charge in [-0.25, -0.2) is 0 Å². The Bertz CT molecular complexity index is 1080. The Labute approximate surface area is 122 Å². The highest BCUT2D eigenvalue weighted by molar-refractivity contribution is 6.17. The average Bonchev–Trinajstić information content (AvgIpc) is 2.93. The lowest BCUT2D eigenvalue weighted by Crippen LogP contribution is -1.86. The number of benzene rings is 3. The quantitative estimate of drug-likeness (QED) is 0.352. The second-order valence-corrected chi connectivity index (χ2v) is 5.56. The van der Waals surface area contributed by atoms with Gasteiger partial charge in [0.25, 0.3) is 0 Å². The van der Waals surface area contributed by atoms with Crippen LogP contribution in [0.5, 0.6) is 0 Å². The third kappa shape index (κ3) is 1.40. The average molecular weight is 267 g/mol. The van der Waals surface area contributed by atoms with Crippen LogP contribution in [0.25, 0.3) is 43.6 Å². The number of aromatic nitrogens is 1.